The van der Waals surface area contributed by atoms with Crippen LogP contribution in [0.3, 0.4) is 0 Å². The largest absolute Gasteiger partial charge is 0.444 e. The number of nitrogens with zero attached hydrogens (tertiary/aromatic N) is 3. The number of piperidine rings is 1. The van der Waals surface area contributed by atoms with E-state index in [2.05, 4.69) is 19.9 Å². The van der Waals surface area contributed by atoms with Crippen LogP contribution in [0.5, 0.6) is 0 Å². The number of rotatable bonds is 9. The minimum atomic E-state index is -3.19. The minimum absolute atomic E-state index is 0. The standard InChI is InChI=1S/C20H41N5O4S.HI/c1-7-21-18(22-12-13-23-30(27,28)9-3)25-14-10-17(11-15-25)16-24(8-2)19(26)29-20(4,5)6;/h17,23H,7-16H2,1-6H3,(H,21,22);1H. The van der Waals surface area contributed by atoms with E-state index < -0.39 is 15.6 Å². The highest BCUT2D eigenvalue weighted by molar-refractivity contribution is 14.0. The van der Waals surface area contributed by atoms with Crippen LogP contribution in [0.2, 0.25) is 0 Å². The zero-order valence-corrected chi connectivity index (χ0v) is 23.1. The highest BCUT2D eigenvalue weighted by Crippen LogP contribution is 2.20. The third-order valence-corrected chi connectivity index (χ3v) is 6.24. The summed E-state index contributed by atoms with van der Waals surface area (Å²) in [5, 5.41) is 3.29. The Labute approximate surface area is 205 Å². The Morgan fingerprint density at radius 1 is 1.19 bits per heavy atom. The van der Waals surface area contributed by atoms with Gasteiger partial charge in [-0.05, 0) is 60.3 Å². The monoisotopic (exact) mass is 575 g/mol. The lowest BCUT2D eigenvalue weighted by molar-refractivity contribution is 0.0214. The molecule has 0 saturated carbocycles. The van der Waals surface area contributed by atoms with Gasteiger partial charge in [0.1, 0.15) is 5.60 Å². The van der Waals surface area contributed by atoms with Crippen molar-refractivity contribution in [2.45, 2.75) is 60.0 Å². The summed E-state index contributed by atoms with van der Waals surface area (Å²) in [6, 6.07) is 0. The summed E-state index contributed by atoms with van der Waals surface area (Å²) in [7, 11) is -3.19. The first-order chi connectivity index (χ1) is 14.0. The summed E-state index contributed by atoms with van der Waals surface area (Å²) in [5.74, 6) is 1.31. The molecule has 31 heavy (non-hydrogen) atoms. The second kappa shape index (κ2) is 14.4. The molecule has 0 spiro atoms. The van der Waals surface area contributed by atoms with Gasteiger partial charge in [-0.1, -0.05) is 0 Å². The molecule has 0 bridgehead atoms. The van der Waals surface area contributed by atoms with E-state index >= 15 is 0 Å². The molecule has 1 fully saturated rings. The quantitative estimate of drug-likeness (QED) is 0.190. The molecule has 184 valence electrons. The van der Waals surface area contributed by atoms with Crippen molar-refractivity contribution in [1.82, 2.24) is 19.8 Å². The maximum atomic E-state index is 12.4. The normalized spacial score (nSPS) is 15.9. The lowest BCUT2D eigenvalue weighted by atomic mass is 9.96. The molecule has 1 heterocycles. The van der Waals surface area contributed by atoms with Gasteiger partial charge in [0.2, 0.25) is 10.0 Å². The number of ether oxygens (including phenoxy) is 1. The molecule has 1 aliphatic rings. The number of carbonyl (C=O) groups excluding carboxylic acids is 1. The molecule has 11 heteroatoms. The van der Waals surface area contributed by atoms with Gasteiger partial charge >= 0.3 is 6.09 Å². The van der Waals surface area contributed by atoms with Crippen molar-refractivity contribution in [1.29, 1.82) is 0 Å². The molecule has 0 aromatic heterocycles. The first-order valence-corrected chi connectivity index (χ1v) is 12.6. The number of nitrogens with one attached hydrogen (secondary N) is 2. The zero-order chi connectivity index (χ0) is 22.8. The van der Waals surface area contributed by atoms with Crippen molar-refractivity contribution in [3.8, 4) is 0 Å². The number of hydrogen-bond acceptors (Lipinski definition) is 5. The van der Waals surface area contributed by atoms with Crippen molar-refractivity contribution in [2.75, 3.05) is 51.6 Å². The number of amides is 1. The van der Waals surface area contributed by atoms with E-state index in [-0.39, 0.29) is 35.8 Å². The summed E-state index contributed by atoms with van der Waals surface area (Å²) in [4.78, 5) is 20.9. The summed E-state index contributed by atoms with van der Waals surface area (Å²) < 4.78 is 31.1. The van der Waals surface area contributed by atoms with Crippen molar-refractivity contribution in [3.63, 3.8) is 0 Å². The van der Waals surface area contributed by atoms with Gasteiger partial charge in [0.05, 0.1) is 12.3 Å². The first kappa shape index (κ1) is 30.2. The number of carbonyl (C=O) groups is 1. The van der Waals surface area contributed by atoms with Crippen molar-refractivity contribution >= 4 is 46.1 Å². The van der Waals surface area contributed by atoms with Crippen LogP contribution in [0.1, 0.15) is 54.4 Å². The molecule has 0 atom stereocenters. The highest BCUT2D eigenvalue weighted by Gasteiger charge is 2.27. The van der Waals surface area contributed by atoms with Crippen LogP contribution in [-0.2, 0) is 14.8 Å². The maximum absolute atomic E-state index is 12.4. The molecular formula is C20H42IN5O4S. The molecule has 0 aliphatic carbocycles. The molecular weight excluding hydrogens is 533 g/mol. The molecule has 1 amide bonds. The third kappa shape index (κ3) is 12.1. The molecule has 0 aromatic rings. The van der Waals surface area contributed by atoms with E-state index in [0.29, 0.717) is 32.1 Å². The Hall–Kier alpha value is -0.820. The topological polar surface area (TPSA) is 103 Å². The van der Waals surface area contributed by atoms with Gasteiger partial charge in [0.25, 0.3) is 0 Å². The molecule has 1 saturated heterocycles. The fourth-order valence-electron chi connectivity index (χ4n) is 3.19. The summed E-state index contributed by atoms with van der Waals surface area (Å²) in [5.41, 5.74) is -0.490. The SMILES string of the molecule is CCNC(=NCCNS(=O)(=O)CC)N1CCC(CN(CC)C(=O)OC(C)(C)C)CC1.I. The first-order valence-electron chi connectivity index (χ1n) is 11.0. The van der Waals surface area contributed by atoms with Crippen LogP contribution in [-0.4, -0.2) is 87.4 Å². The van der Waals surface area contributed by atoms with Gasteiger partial charge in [0, 0.05) is 39.3 Å². The average molecular weight is 576 g/mol. The lowest BCUT2D eigenvalue weighted by Crippen LogP contribution is -2.48. The molecule has 1 rings (SSSR count). The van der Waals surface area contributed by atoms with Crippen molar-refractivity contribution in [2.24, 2.45) is 10.9 Å². The number of aliphatic imine (C=N–C) groups is 1. The Bertz CT molecular complexity index is 659. The maximum Gasteiger partial charge on any atom is 0.410 e. The summed E-state index contributed by atoms with van der Waals surface area (Å²) >= 11 is 0. The lowest BCUT2D eigenvalue weighted by Gasteiger charge is -2.36. The number of guanidine groups is 1. The van der Waals surface area contributed by atoms with E-state index in [0.717, 1.165) is 38.4 Å². The Balaban J connectivity index is 0.00000900. The average Bonchev–Trinajstić information content (AvgIpc) is 2.67. The van der Waals surface area contributed by atoms with E-state index in [9.17, 15) is 13.2 Å². The second-order valence-corrected chi connectivity index (χ2v) is 10.6. The zero-order valence-electron chi connectivity index (χ0n) is 19.9. The van der Waals surface area contributed by atoms with Gasteiger partial charge in [-0.2, -0.15) is 0 Å². The second-order valence-electron chi connectivity index (χ2n) is 8.48. The summed E-state index contributed by atoms with van der Waals surface area (Å²) in [6.07, 6.45) is 1.68. The van der Waals surface area contributed by atoms with Gasteiger partial charge in [0.15, 0.2) is 5.96 Å². The molecule has 1 aliphatic heterocycles. The van der Waals surface area contributed by atoms with Crippen LogP contribution < -0.4 is 10.0 Å². The van der Waals surface area contributed by atoms with Crippen LogP contribution in [0.4, 0.5) is 4.79 Å². The van der Waals surface area contributed by atoms with E-state index in [4.69, 9.17) is 4.74 Å². The van der Waals surface area contributed by atoms with Gasteiger partial charge in [-0.25, -0.2) is 17.9 Å². The Morgan fingerprint density at radius 3 is 2.29 bits per heavy atom. The van der Waals surface area contributed by atoms with E-state index in [1.807, 2.05) is 34.6 Å². The van der Waals surface area contributed by atoms with E-state index in [1.54, 1.807) is 11.8 Å². The Morgan fingerprint density at radius 2 is 1.81 bits per heavy atom. The molecule has 0 unspecified atom stereocenters. The number of hydrogen-bond donors (Lipinski definition) is 2. The van der Waals surface area contributed by atoms with Gasteiger partial charge < -0.3 is 19.9 Å². The predicted molar refractivity (Wildman–Crippen MR) is 137 cm³/mol. The number of sulfonamides is 1. The Kier molecular flexibility index (Phi) is 14.0. The van der Waals surface area contributed by atoms with Crippen LogP contribution in [0.25, 0.3) is 0 Å². The van der Waals surface area contributed by atoms with Crippen LogP contribution >= 0.6 is 24.0 Å². The third-order valence-electron chi connectivity index (χ3n) is 4.84. The van der Waals surface area contributed by atoms with E-state index in [1.165, 1.54) is 0 Å². The minimum Gasteiger partial charge on any atom is -0.444 e. The molecule has 0 radical (unpaired) electrons. The molecule has 0 aromatic carbocycles. The summed E-state index contributed by atoms with van der Waals surface area (Å²) in [6.45, 7) is 15.7. The molecule has 2 N–H and O–H groups in total. The fraction of sp³-hybridized carbons (Fsp3) is 0.900. The highest BCUT2D eigenvalue weighted by atomic mass is 127. The number of likely N-dealkylation sites (tertiary alicyclic amines) is 1. The van der Waals surface area contributed by atoms with Crippen LogP contribution in [0, 0.1) is 5.92 Å². The van der Waals surface area contributed by atoms with Crippen LogP contribution in [0.15, 0.2) is 4.99 Å². The van der Waals surface area contributed by atoms with Crippen molar-refractivity contribution < 1.29 is 17.9 Å². The smallest absolute Gasteiger partial charge is 0.410 e. The van der Waals surface area contributed by atoms with Crippen molar-refractivity contribution in [3.05, 3.63) is 0 Å². The fourth-order valence-corrected chi connectivity index (χ4v) is 3.80. The molecule has 9 nitrogen and oxygen atoms in total. The number of halogens is 1. The van der Waals surface area contributed by atoms with Gasteiger partial charge in [-0.15, -0.1) is 24.0 Å². The predicted octanol–water partition coefficient (Wildman–Crippen LogP) is 2.48. The van der Waals surface area contributed by atoms with Gasteiger partial charge in [-0.3, -0.25) is 4.99 Å².